The van der Waals surface area contributed by atoms with E-state index in [1.807, 2.05) is 0 Å². The Hall–Kier alpha value is -1.73. The van der Waals surface area contributed by atoms with Crippen molar-refractivity contribution in [1.82, 2.24) is 10.2 Å². The van der Waals surface area contributed by atoms with Crippen LogP contribution in [0.15, 0.2) is 30.9 Å². The highest BCUT2D eigenvalue weighted by atomic mass is 35.5. The Morgan fingerprint density at radius 3 is 2.75 bits per heavy atom. The molecule has 0 bridgehead atoms. The van der Waals surface area contributed by atoms with Gasteiger partial charge in [-0.15, -0.1) is 12.4 Å². The molecule has 1 heterocycles. The monoisotopic (exact) mass is 364 g/mol. The van der Waals surface area contributed by atoms with E-state index in [-0.39, 0.29) is 30.3 Å². The van der Waals surface area contributed by atoms with Crippen molar-refractivity contribution in [3.63, 3.8) is 0 Å². The standard InChI is InChI=1S/C16H19F3N2O2.ClH/c1-2-10-23-14-5-4-12(16(17,18)19)11-13(14)15(22)21-8-3-6-20-7-9-21;/h2,4-5,11,20H,1,3,6-10H2;1H. The van der Waals surface area contributed by atoms with E-state index >= 15 is 0 Å². The van der Waals surface area contributed by atoms with Crippen molar-refractivity contribution in [2.75, 3.05) is 32.8 Å². The topological polar surface area (TPSA) is 41.6 Å². The maximum Gasteiger partial charge on any atom is 0.416 e. The van der Waals surface area contributed by atoms with Crippen molar-refractivity contribution in [2.24, 2.45) is 0 Å². The molecule has 1 amide bonds. The number of hydrogen-bond acceptors (Lipinski definition) is 3. The number of amides is 1. The van der Waals surface area contributed by atoms with E-state index in [0.29, 0.717) is 19.6 Å². The molecule has 1 saturated heterocycles. The second kappa shape index (κ2) is 8.94. The molecule has 4 nitrogen and oxygen atoms in total. The van der Waals surface area contributed by atoms with Crippen molar-refractivity contribution in [2.45, 2.75) is 12.6 Å². The minimum atomic E-state index is -4.51. The molecule has 0 radical (unpaired) electrons. The van der Waals surface area contributed by atoms with E-state index < -0.39 is 17.6 Å². The maximum atomic E-state index is 12.9. The van der Waals surface area contributed by atoms with Gasteiger partial charge in [-0.25, -0.2) is 0 Å². The first kappa shape index (κ1) is 20.3. The summed E-state index contributed by atoms with van der Waals surface area (Å²) in [7, 11) is 0. The van der Waals surface area contributed by atoms with Crippen LogP contribution in [0.5, 0.6) is 5.75 Å². The van der Waals surface area contributed by atoms with E-state index in [1.54, 1.807) is 4.90 Å². The lowest BCUT2D eigenvalue weighted by Crippen LogP contribution is -2.34. The third-order valence-corrected chi connectivity index (χ3v) is 3.52. The molecule has 2 rings (SSSR count). The molecule has 1 N–H and O–H groups in total. The molecular formula is C16H20ClF3N2O2. The minimum Gasteiger partial charge on any atom is -0.489 e. The van der Waals surface area contributed by atoms with Gasteiger partial charge in [-0.05, 0) is 31.2 Å². The van der Waals surface area contributed by atoms with E-state index in [9.17, 15) is 18.0 Å². The third kappa shape index (κ3) is 5.14. The molecule has 0 unspecified atom stereocenters. The highest BCUT2D eigenvalue weighted by molar-refractivity contribution is 5.97. The number of alkyl halides is 3. The molecule has 0 aromatic heterocycles. The number of carbonyl (C=O) groups excluding carboxylic acids is 1. The van der Waals surface area contributed by atoms with Crippen molar-refractivity contribution in [3.05, 3.63) is 42.0 Å². The minimum absolute atomic E-state index is 0. The molecule has 1 aliphatic heterocycles. The van der Waals surface area contributed by atoms with Crippen LogP contribution in [-0.4, -0.2) is 43.6 Å². The normalized spacial score (nSPS) is 15.2. The molecule has 0 aliphatic carbocycles. The van der Waals surface area contributed by atoms with Crippen LogP contribution in [0.2, 0.25) is 0 Å². The van der Waals surface area contributed by atoms with Crippen LogP contribution in [0.25, 0.3) is 0 Å². The van der Waals surface area contributed by atoms with Crippen molar-refractivity contribution >= 4 is 18.3 Å². The van der Waals surface area contributed by atoms with E-state index in [1.165, 1.54) is 12.1 Å². The van der Waals surface area contributed by atoms with Gasteiger partial charge in [0.05, 0.1) is 11.1 Å². The quantitative estimate of drug-likeness (QED) is 0.835. The summed E-state index contributed by atoms with van der Waals surface area (Å²) in [6.07, 6.45) is -2.28. The van der Waals surface area contributed by atoms with Crippen LogP contribution >= 0.6 is 12.4 Å². The average Bonchev–Trinajstić information content (AvgIpc) is 2.80. The number of halogens is 4. The lowest BCUT2D eigenvalue weighted by molar-refractivity contribution is -0.137. The van der Waals surface area contributed by atoms with Gasteiger partial charge in [-0.2, -0.15) is 13.2 Å². The van der Waals surface area contributed by atoms with Gasteiger partial charge in [0.2, 0.25) is 0 Å². The largest absolute Gasteiger partial charge is 0.489 e. The van der Waals surface area contributed by atoms with Crippen molar-refractivity contribution in [3.8, 4) is 5.75 Å². The molecular weight excluding hydrogens is 345 g/mol. The maximum absolute atomic E-state index is 12.9. The smallest absolute Gasteiger partial charge is 0.416 e. The number of rotatable bonds is 4. The van der Waals surface area contributed by atoms with Crippen LogP contribution in [0.3, 0.4) is 0 Å². The molecule has 24 heavy (non-hydrogen) atoms. The zero-order chi connectivity index (χ0) is 16.9. The van der Waals surface area contributed by atoms with Crippen LogP contribution in [0.4, 0.5) is 13.2 Å². The Bertz CT molecular complexity index is 571. The number of nitrogens with one attached hydrogen (secondary N) is 1. The molecule has 1 aliphatic rings. The lowest BCUT2D eigenvalue weighted by Gasteiger charge is -2.22. The number of ether oxygens (including phenoxy) is 1. The van der Waals surface area contributed by atoms with Gasteiger partial charge in [0.1, 0.15) is 12.4 Å². The van der Waals surface area contributed by atoms with E-state index in [4.69, 9.17) is 4.74 Å². The summed E-state index contributed by atoms with van der Waals surface area (Å²) in [4.78, 5) is 14.2. The summed E-state index contributed by atoms with van der Waals surface area (Å²) < 4.78 is 44.1. The van der Waals surface area contributed by atoms with Crippen LogP contribution in [0, 0.1) is 0 Å². The first-order valence-corrected chi connectivity index (χ1v) is 7.38. The second-order valence-electron chi connectivity index (χ2n) is 5.20. The summed E-state index contributed by atoms with van der Waals surface area (Å²) in [5.41, 5.74) is -0.927. The van der Waals surface area contributed by atoms with Crippen LogP contribution < -0.4 is 10.1 Å². The number of carbonyl (C=O) groups is 1. The molecule has 1 fully saturated rings. The van der Waals surface area contributed by atoms with E-state index in [0.717, 1.165) is 25.1 Å². The highest BCUT2D eigenvalue weighted by Gasteiger charge is 2.32. The Balaban J connectivity index is 0.00000288. The molecule has 1 aromatic rings. The first-order valence-electron chi connectivity index (χ1n) is 7.38. The average molecular weight is 365 g/mol. The van der Waals surface area contributed by atoms with E-state index in [2.05, 4.69) is 11.9 Å². The number of benzene rings is 1. The lowest BCUT2D eigenvalue weighted by atomic mass is 10.1. The van der Waals surface area contributed by atoms with Gasteiger partial charge in [0.25, 0.3) is 5.91 Å². The Kier molecular flexibility index (Phi) is 7.57. The van der Waals surface area contributed by atoms with Gasteiger partial charge in [-0.3, -0.25) is 4.79 Å². The zero-order valence-electron chi connectivity index (χ0n) is 13.1. The predicted molar refractivity (Wildman–Crippen MR) is 87.8 cm³/mol. The van der Waals surface area contributed by atoms with Gasteiger partial charge >= 0.3 is 6.18 Å². The number of nitrogens with zero attached hydrogens (tertiary/aromatic N) is 1. The third-order valence-electron chi connectivity index (χ3n) is 3.52. The predicted octanol–water partition coefficient (Wildman–Crippen LogP) is 3.13. The van der Waals surface area contributed by atoms with Gasteiger partial charge in [0.15, 0.2) is 0 Å². The molecule has 0 atom stereocenters. The summed E-state index contributed by atoms with van der Waals surface area (Å²) in [6, 6.07) is 2.97. The van der Waals surface area contributed by atoms with Gasteiger partial charge in [-0.1, -0.05) is 12.7 Å². The fourth-order valence-corrected chi connectivity index (χ4v) is 2.37. The SMILES string of the molecule is C=CCOc1ccc(C(F)(F)F)cc1C(=O)N1CCCNCC1.Cl. The molecule has 8 heteroatoms. The molecule has 1 aromatic carbocycles. The summed E-state index contributed by atoms with van der Waals surface area (Å²) >= 11 is 0. The Morgan fingerprint density at radius 2 is 2.08 bits per heavy atom. The molecule has 134 valence electrons. The first-order chi connectivity index (χ1) is 10.9. The number of hydrogen-bond donors (Lipinski definition) is 1. The summed E-state index contributed by atoms with van der Waals surface area (Å²) in [6.45, 7) is 5.98. The van der Waals surface area contributed by atoms with Gasteiger partial charge in [0, 0.05) is 19.6 Å². The van der Waals surface area contributed by atoms with Gasteiger partial charge < -0.3 is 15.0 Å². The summed E-state index contributed by atoms with van der Waals surface area (Å²) in [5, 5.41) is 3.15. The molecule has 0 spiro atoms. The Labute approximate surface area is 145 Å². The van der Waals surface area contributed by atoms with Crippen molar-refractivity contribution in [1.29, 1.82) is 0 Å². The van der Waals surface area contributed by atoms with Crippen LogP contribution in [0.1, 0.15) is 22.3 Å². The zero-order valence-corrected chi connectivity index (χ0v) is 13.9. The molecule has 0 saturated carbocycles. The fraction of sp³-hybridized carbons (Fsp3) is 0.438. The van der Waals surface area contributed by atoms with Crippen LogP contribution in [-0.2, 0) is 6.18 Å². The van der Waals surface area contributed by atoms with Crippen molar-refractivity contribution < 1.29 is 22.7 Å². The summed E-state index contributed by atoms with van der Waals surface area (Å²) in [5.74, 6) is -0.307. The highest BCUT2D eigenvalue weighted by Crippen LogP contribution is 2.33. The fourth-order valence-electron chi connectivity index (χ4n) is 2.37. The Morgan fingerprint density at radius 1 is 1.33 bits per heavy atom. The second-order valence-corrected chi connectivity index (χ2v) is 5.20.